The Hall–Kier alpha value is -1.59. The highest BCUT2D eigenvalue weighted by Gasteiger charge is 2.34. The molecule has 0 aliphatic heterocycles. The molecule has 0 amide bonds. The van der Waals surface area contributed by atoms with E-state index in [2.05, 4.69) is 9.97 Å². The van der Waals surface area contributed by atoms with Crippen molar-refractivity contribution < 1.29 is 17.6 Å². The van der Waals surface area contributed by atoms with Crippen molar-refractivity contribution in [2.45, 2.75) is 19.5 Å². The molecule has 2 rings (SSSR count). The van der Waals surface area contributed by atoms with Crippen LogP contribution in [0.15, 0.2) is 12.1 Å². The SMILES string of the molecule is CCc1nc2cc(F)c(C(F)(F)F)cc2[nH]1. The molecule has 1 aromatic carbocycles. The number of aryl methyl sites for hydroxylation is 1. The van der Waals surface area contributed by atoms with Crippen LogP contribution < -0.4 is 0 Å². The fraction of sp³-hybridized carbons (Fsp3) is 0.300. The van der Waals surface area contributed by atoms with Gasteiger partial charge < -0.3 is 4.98 Å². The number of rotatable bonds is 1. The third-order valence-corrected chi connectivity index (χ3v) is 2.26. The lowest BCUT2D eigenvalue weighted by atomic mass is 10.2. The molecule has 0 spiro atoms. The molecule has 86 valence electrons. The van der Waals surface area contributed by atoms with Crippen molar-refractivity contribution in [1.29, 1.82) is 0 Å². The lowest BCUT2D eigenvalue weighted by molar-refractivity contribution is -0.139. The Kier molecular flexibility index (Phi) is 2.36. The Morgan fingerprint density at radius 1 is 1.31 bits per heavy atom. The van der Waals surface area contributed by atoms with Gasteiger partial charge in [-0.15, -0.1) is 0 Å². The molecular formula is C10H8F4N2. The van der Waals surface area contributed by atoms with E-state index in [1.807, 2.05) is 0 Å². The van der Waals surface area contributed by atoms with Crippen LogP contribution in [0.25, 0.3) is 11.0 Å². The molecule has 6 heteroatoms. The molecule has 1 heterocycles. The highest BCUT2D eigenvalue weighted by Crippen LogP contribution is 2.33. The lowest BCUT2D eigenvalue weighted by Crippen LogP contribution is -2.07. The summed E-state index contributed by atoms with van der Waals surface area (Å²) in [5.74, 6) is -0.761. The minimum Gasteiger partial charge on any atom is -0.342 e. The maximum atomic E-state index is 13.2. The number of aromatic amines is 1. The van der Waals surface area contributed by atoms with Crippen LogP contribution in [0, 0.1) is 5.82 Å². The van der Waals surface area contributed by atoms with Crippen molar-refractivity contribution >= 4 is 11.0 Å². The number of hydrogen-bond acceptors (Lipinski definition) is 1. The van der Waals surface area contributed by atoms with Gasteiger partial charge in [0.2, 0.25) is 0 Å². The summed E-state index contributed by atoms with van der Waals surface area (Å²) in [6.07, 6.45) is -4.13. The van der Waals surface area contributed by atoms with Gasteiger partial charge in [0.25, 0.3) is 0 Å². The van der Waals surface area contributed by atoms with Gasteiger partial charge in [-0.05, 0) is 6.07 Å². The van der Waals surface area contributed by atoms with Gasteiger partial charge >= 0.3 is 6.18 Å². The molecule has 1 aromatic heterocycles. The van der Waals surface area contributed by atoms with Crippen molar-refractivity contribution in [2.75, 3.05) is 0 Å². The number of benzene rings is 1. The van der Waals surface area contributed by atoms with E-state index in [0.29, 0.717) is 12.2 Å². The maximum Gasteiger partial charge on any atom is 0.419 e. The molecule has 2 aromatic rings. The lowest BCUT2D eigenvalue weighted by Gasteiger charge is -2.06. The second-order valence-corrected chi connectivity index (χ2v) is 3.38. The number of nitrogens with one attached hydrogen (secondary N) is 1. The third-order valence-electron chi connectivity index (χ3n) is 2.26. The Morgan fingerprint density at radius 3 is 2.56 bits per heavy atom. The highest BCUT2D eigenvalue weighted by atomic mass is 19.4. The number of alkyl halides is 3. The van der Waals surface area contributed by atoms with Crippen molar-refractivity contribution in [3.63, 3.8) is 0 Å². The highest BCUT2D eigenvalue weighted by molar-refractivity contribution is 5.76. The van der Waals surface area contributed by atoms with Crippen LogP contribution in [0.5, 0.6) is 0 Å². The first-order valence-electron chi connectivity index (χ1n) is 4.67. The zero-order chi connectivity index (χ0) is 11.9. The van der Waals surface area contributed by atoms with Gasteiger partial charge in [-0.2, -0.15) is 13.2 Å². The van der Waals surface area contributed by atoms with E-state index in [-0.39, 0.29) is 11.0 Å². The van der Waals surface area contributed by atoms with Crippen LogP contribution >= 0.6 is 0 Å². The number of halogens is 4. The zero-order valence-corrected chi connectivity index (χ0v) is 8.32. The van der Waals surface area contributed by atoms with Gasteiger partial charge in [0.1, 0.15) is 11.6 Å². The summed E-state index contributed by atoms with van der Waals surface area (Å²) in [6.45, 7) is 1.80. The van der Waals surface area contributed by atoms with Crippen molar-refractivity contribution in [1.82, 2.24) is 9.97 Å². The summed E-state index contributed by atoms with van der Waals surface area (Å²) in [6, 6.07) is 1.55. The Bertz CT molecular complexity index is 527. The van der Waals surface area contributed by atoms with Crippen LogP contribution in [-0.4, -0.2) is 9.97 Å². The summed E-state index contributed by atoms with van der Waals surface area (Å²) in [5, 5.41) is 0. The van der Waals surface area contributed by atoms with E-state index in [0.717, 1.165) is 12.1 Å². The first kappa shape index (κ1) is 10.9. The van der Waals surface area contributed by atoms with Gasteiger partial charge in [0.15, 0.2) is 0 Å². The number of fused-ring (bicyclic) bond motifs is 1. The van der Waals surface area contributed by atoms with Crippen LogP contribution in [0.3, 0.4) is 0 Å². The summed E-state index contributed by atoms with van der Waals surface area (Å²) >= 11 is 0. The van der Waals surface area contributed by atoms with Crippen LogP contribution in [0.1, 0.15) is 18.3 Å². The summed E-state index contributed by atoms with van der Waals surface area (Å²) in [4.78, 5) is 6.66. The zero-order valence-electron chi connectivity index (χ0n) is 8.32. The van der Waals surface area contributed by atoms with E-state index >= 15 is 0 Å². The van der Waals surface area contributed by atoms with Crippen molar-refractivity contribution in [3.05, 3.63) is 29.3 Å². The first-order chi connectivity index (χ1) is 7.41. The molecule has 0 saturated heterocycles. The standard InChI is InChI=1S/C10H8F4N2/c1-2-9-15-7-3-5(10(12,13)14)6(11)4-8(7)16-9/h3-4H,2H2,1H3,(H,15,16). The maximum absolute atomic E-state index is 13.2. The van der Waals surface area contributed by atoms with Crippen molar-refractivity contribution in [3.8, 4) is 0 Å². The van der Waals surface area contributed by atoms with E-state index in [4.69, 9.17) is 0 Å². The molecule has 0 atom stereocenters. The number of imidazole rings is 1. The predicted octanol–water partition coefficient (Wildman–Crippen LogP) is 3.28. The van der Waals surface area contributed by atoms with Gasteiger partial charge in [0.05, 0.1) is 16.6 Å². The second kappa shape index (κ2) is 3.47. The fourth-order valence-corrected chi connectivity index (χ4v) is 1.47. The molecule has 0 aliphatic rings. The summed E-state index contributed by atoms with van der Waals surface area (Å²) in [7, 11) is 0. The molecule has 0 bridgehead atoms. The van der Waals surface area contributed by atoms with E-state index in [1.54, 1.807) is 6.92 Å². The van der Waals surface area contributed by atoms with E-state index < -0.39 is 17.6 Å². The molecular weight excluding hydrogens is 224 g/mol. The normalized spacial score (nSPS) is 12.3. The number of hydrogen-bond donors (Lipinski definition) is 1. The van der Waals surface area contributed by atoms with Crippen LogP contribution in [-0.2, 0) is 12.6 Å². The summed E-state index contributed by atoms with van der Waals surface area (Å²) < 4.78 is 50.3. The van der Waals surface area contributed by atoms with E-state index in [1.165, 1.54) is 0 Å². The van der Waals surface area contributed by atoms with Crippen LogP contribution in [0.2, 0.25) is 0 Å². The molecule has 0 radical (unpaired) electrons. The Labute approximate surface area is 88.3 Å². The minimum atomic E-state index is -4.68. The molecule has 0 saturated carbocycles. The third kappa shape index (κ3) is 1.75. The quantitative estimate of drug-likeness (QED) is 0.751. The number of aromatic nitrogens is 2. The second-order valence-electron chi connectivity index (χ2n) is 3.38. The van der Waals surface area contributed by atoms with Gasteiger partial charge in [-0.3, -0.25) is 0 Å². The van der Waals surface area contributed by atoms with E-state index in [9.17, 15) is 17.6 Å². The topological polar surface area (TPSA) is 28.7 Å². The largest absolute Gasteiger partial charge is 0.419 e. The number of nitrogens with zero attached hydrogens (tertiary/aromatic N) is 1. The fourth-order valence-electron chi connectivity index (χ4n) is 1.47. The van der Waals surface area contributed by atoms with Crippen molar-refractivity contribution in [2.24, 2.45) is 0 Å². The van der Waals surface area contributed by atoms with Crippen LogP contribution in [0.4, 0.5) is 17.6 Å². The monoisotopic (exact) mass is 232 g/mol. The molecule has 2 nitrogen and oxygen atoms in total. The summed E-state index contributed by atoms with van der Waals surface area (Å²) in [5.41, 5.74) is -0.862. The first-order valence-corrected chi connectivity index (χ1v) is 4.67. The smallest absolute Gasteiger partial charge is 0.342 e. The average Bonchev–Trinajstić information content (AvgIpc) is 2.56. The van der Waals surface area contributed by atoms with Gasteiger partial charge in [0, 0.05) is 12.5 Å². The molecule has 1 N–H and O–H groups in total. The Morgan fingerprint density at radius 2 is 2.00 bits per heavy atom. The predicted molar refractivity (Wildman–Crippen MR) is 50.4 cm³/mol. The van der Waals surface area contributed by atoms with Gasteiger partial charge in [-0.1, -0.05) is 6.92 Å². The minimum absolute atomic E-state index is 0.200. The molecule has 16 heavy (non-hydrogen) atoms. The Balaban J connectivity index is 2.66. The average molecular weight is 232 g/mol. The molecule has 0 unspecified atom stereocenters. The molecule has 0 fully saturated rings. The number of H-pyrrole nitrogens is 1. The molecule has 0 aliphatic carbocycles. The van der Waals surface area contributed by atoms with Gasteiger partial charge in [-0.25, -0.2) is 9.37 Å².